The molecule has 5 nitrogen and oxygen atoms in total. The van der Waals surface area contributed by atoms with Crippen molar-refractivity contribution >= 4 is 28.9 Å². The molecule has 0 unspecified atom stereocenters. The van der Waals surface area contributed by atoms with Crippen molar-refractivity contribution in [2.75, 3.05) is 5.73 Å². The lowest BCUT2D eigenvalue weighted by molar-refractivity contribution is -0.136. The Hall–Kier alpha value is -1.75. The van der Waals surface area contributed by atoms with Crippen molar-refractivity contribution in [2.45, 2.75) is 6.42 Å². The second kappa shape index (κ2) is 3.43. The highest BCUT2D eigenvalue weighted by Crippen LogP contribution is 2.20. The second-order valence-corrected chi connectivity index (χ2v) is 3.56. The molecule has 2 rings (SSSR count). The number of imidazole rings is 1. The van der Waals surface area contributed by atoms with Crippen molar-refractivity contribution in [1.29, 1.82) is 0 Å². The van der Waals surface area contributed by atoms with Crippen LogP contribution in [0.1, 0.15) is 5.69 Å². The van der Waals surface area contributed by atoms with Crippen LogP contribution in [0, 0.1) is 0 Å². The van der Waals surface area contributed by atoms with Crippen LogP contribution < -0.4 is 5.73 Å². The SMILES string of the molecule is Nc1cc(Cl)c2nc(CC(=O)O)cn2c1. The van der Waals surface area contributed by atoms with Crippen molar-refractivity contribution in [3.05, 3.63) is 29.2 Å². The molecule has 0 aromatic carbocycles. The summed E-state index contributed by atoms with van der Waals surface area (Å²) in [6.07, 6.45) is 3.11. The van der Waals surface area contributed by atoms with Crippen LogP contribution in [-0.2, 0) is 11.2 Å². The van der Waals surface area contributed by atoms with Gasteiger partial charge >= 0.3 is 5.97 Å². The summed E-state index contributed by atoms with van der Waals surface area (Å²) in [6, 6.07) is 1.58. The molecule has 0 amide bonds. The van der Waals surface area contributed by atoms with E-state index in [0.717, 1.165) is 0 Å². The Morgan fingerprint density at radius 2 is 2.33 bits per heavy atom. The zero-order valence-corrected chi connectivity index (χ0v) is 8.40. The third-order valence-electron chi connectivity index (χ3n) is 1.91. The van der Waals surface area contributed by atoms with Crippen molar-refractivity contribution in [3.63, 3.8) is 0 Å². The highest BCUT2D eigenvalue weighted by molar-refractivity contribution is 6.33. The van der Waals surface area contributed by atoms with Gasteiger partial charge in [0.15, 0.2) is 5.65 Å². The summed E-state index contributed by atoms with van der Waals surface area (Å²) in [4.78, 5) is 14.6. The maximum Gasteiger partial charge on any atom is 0.309 e. The Kier molecular flexibility index (Phi) is 2.24. The number of nitrogens with zero attached hydrogens (tertiary/aromatic N) is 2. The Labute approximate surface area is 90.1 Å². The van der Waals surface area contributed by atoms with Gasteiger partial charge in [-0.15, -0.1) is 0 Å². The van der Waals surface area contributed by atoms with Crippen LogP contribution in [-0.4, -0.2) is 20.5 Å². The number of anilines is 1. The van der Waals surface area contributed by atoms with Crippen LogP contribution in [0.2, 0.25) is 5.02 Å². The lowest BCUT2D eigenvalue weighted by Crippen LogP contribution is -1.99. The minimum Gasteiger partial charge on any atom is -0.481 e. The molecule has 78 valence electrons. The molecule has 3 N–H and O–H groups in total. The van der Waals surface area contributed by atoms with Crippen molar-refractivity contribution in [3.8, 4) is 0 Å². The number of nitrogens with two attached hydrogens (primary N) is 1. The summed E-state index contributed by atoms with van der Waals surface area (Å²) in [5, 5.41) is 9.02. The van der Waals surface area contributed by atoms with Gasteiger partial charge in [-0.05, 0) is 6.07 Å². The van der Waals surface area contributed by atoms with E-state index in [2.05, 4.69) is 4.98 Å². The van der Waals surface area contributed by atoms with Gasteiger partial charge in [0.05, 0.1) is 17.1 Å². The Morgan fingerprint density at radius 1 is 1.60 bits per heavy atom. The molecule has 2 aromatic heterocycles. The van der Waals surface area contributed by atoms with E-state index >= 15 is 0 Å². The first-order valence-corrected chi connectivity index (χ1v) is 4.58. The molecular formula is C9H8ClN3O2. The number of aliphatic carboxylic acids is 1. The molecule has 0 spiro atoms. The summed E-state index contributed by atoms with van der Waals surface area (Å²) in [6.45, 7) is 0. The zero-order valence-electron chi connectivity index (χ0n) is 7.64. The predicted octanol–water partition coefficient (Wildman–Crippen LogP) is 1.20. The van der Waals surface area contributed by atoms with Gasteiger partial charge in [0.25, 0.3) is 0 Å². The quantitative estimate of drug-likeness (QED) is 0.805. The van der Waals surface area contributed by atoms with Gasteiger partial charge in [-0.3, -0.25) is 4.79 Å². The van der Waals surface area contributed by atoms with E-state index in [9.17, 15) is 4.79 Å². The van der Waals surface area contributed by atoms with Crippen LogP contribution in [0.5, 0.6) is 0 Å². The second-order valence-electron chi connectivity index (χ2n) is 3.16. The summed E-state index contributed by atoms with van der Waals surface area (Å²) in [5.41, 5.74) is 7.06. The molecule has 0 atom stereocenters. The first-order chi connectivity index (χ1) is 7.06. The minimum absolute atomic E-state index is 0.127. The summed E-state index contributed by atoms with van der Waals surface area (Å²) in [7, 11) is 0. The van der Waals surface area contributed by atoms with E-state index in [0.29, 0.717) is 22.1 Å². The van der Waals surface area contributed by atoms with Crippen LogP contribution in [0.25, 0.3) is 5.65 Å². The Balaban J connectivity index is 2.55. The Morgan fingerprint density at radius 3 is 3.00 bits per heavy atom. The van der Waals surface area contributed by atoms with Gasteiger partial charge < -0.3 is 15.2 Å². The number of hydrogen-bond acceptors (Lipinski definition) is 3. The highest BCUT2D eigenvalue weighted by Gasteiger charge is 2.08. The number of carboxylic acids is 1. The normalized spacial score (nSPS) is 10.7. The monoisotopic (exact) mass is 225 g/mol. The van der Waals surface area contributed by atoms with E-state index < -0.39 is 5.97 Å². The fraction of sp³-hybridized carbons (Fsp3) is 0.111. The molecule has 0 aliphatic rings. The van der Waals surface area contributed by atoms with Gasteiger partial charge in [0.2, 0.25) is 0 Å². The number of aromatic nitrogens is 2. The van der Waals surface area contributed by atoms with Gasteiger partial charge in [0.1, 0.15) is 0 Å². The third kappa shape index (κ3) is 1.87. The number of carboxylic acid groups (broad SMARTS) is 1. The standard InChI is InChI=1S/C9H8ClN3O2/c10-7-1-5(11)3-13-4-6(2-8(14)15)12-9(7)13/h1,3-4H,2,11H2,(H,14,15). The lowest BCUT2D eigenvalue weighted by Gasteiger charge is -1.97. The molecule has 0 aliphatic carbocycles. The molecule has 0 saturated heterocycles. The molecule has 6 heteroatoms. The molecular weight excluding hydrogens is 218 g/mol. The molecule has 0 aliphatic heterocycles. The first kappa shape index (κ1) is 9.79. The Bertz CT molecular complexity index is 535. The summed E-state index contributed by atoms with van der Waals surface area (Å²) >= 11 is 5.90. The molecule has 15 heavy (non-hydrogen) atoms. The van der Waals surface area contributed by atoms with Crippen LogP contribution in [0.3, 0.4) is 0 Å². The van der Waals surface area contributed by atoms with E-state index in [1.54, 1.807) is 22.9 Å². The molecule has 0 bridgehead atoms. The molecule has 0 radical (unpaired) electrons. The van der Waals surface area contributed by atoms with E-state index in [1.807, 2.05) is 0 Å². The topological polar surface area (TPSA) is 80.6 Å². The van der Waals surface area contributed by atoms with Crippen LogP contribution >= 0.6 is 11.6 Å². The van der Waals surface area contributed by atoms with E-state index in [-0.39, 0.29) is 6.42 Å². The van der Waals surface area contributed by atoms with Gasteiger partial charge in [0, 0.05) is 18.1 Å². The molecule has 2 heterocycles. The van der Waals surface area contributed by atoms with Crippen LogP contribution in [0.15, 0.2) is 18.5 Å². The molecule has 2 aromatic rings. The number of pyridine rings is 1. The number of hydrogen-bond donors (Lipinski definition) is 2. The number of fused-ring (bicyclic) bond motifs is 1. The number of rotatable bonds is 2. The van der Waals surface area contributed by atoms with Gasteiger partial charge in [-0.25, -0.2) is 4.98 Å². The van der Waals surface area contributed by atoms with E-state index in [4.69, 9.17) is 22.4 Å². The predicted molar refractivity (Wildman–Crippen MR) is 56.0 cm³/mol. The number of nitrogen functional groups attached to an aromatic ring is 1. The number of carbonyl (C=O) groups is 1. The maximum atomic E-state index is 10.5. The average molecular weight is 226 g/mol. The zero-order chi connectivity index (χ0) is 11.0. The van der Waals surface area contributed by atoms with Gasteiger partial charge in [-0.2, -0.15) is 0 Å². The third-order valence-corrected chi connectivity index (χ3v) is 2.19. The molecule has 0 saturated carbocycles. The largest absolute Gasteiger partial charge is 0.481 e. The fourth-order valence-corrected chi connectivity index (χ4v) is 1.63. The minimum atomic E-state index is -0.928. The average Bonchev–Trinajstić information content (AvgIpc) is 2.45. The lowest BCUT2D eigenvalue weighted by atomic mass is 10.3. The highest BCUT2D eigenvalue weighted by atomic mass is 35.5. The maximum absolute atomic E-state index is 10.5. The van der Waals surface area contributed by atoms with E-state index in [1.165, 1.54) is 0 Å². The molecule has 0 fully saturated rings. The van der Waals surface area contributed by atoms with Gasteiger partial charge in [-0.1, -0.05) is 11.6 Å². The van der Waals surface area contributed by atoms with Crippen molar-refractivity contribution in [1.82, 2.24) is 9.38 Å². The van der Waals surface area contributed by atoms with Crippen molar-refractivity contribution in [2.24, 2.45) is 0 Å². The smallest absolute Gasteiger partial charge is 0.309 e. The summed E-state index contributed by atoms with van der Waals surface area (Å²) < 4.78 is 1.62. The van der Waals surface area contributed by atoms with Crippen LogP contribution in [0.4, 0.5) is 5.69 Å². The van der Waals surface area contributed by atoms with Crippen molar-refractivity contribution < 1.29 is 9.90 Å². The first-order valence-electron chi connectivity index (χ1n) is 4.20. The number of halogens is 1. The fourth-order valence-electron chi connectivity index (χ4n) is 1.37. The summed E-state index contributed by atoms with van der Waals surface area (Å²) in [5.74, 6) is -0.928.